The number of benzene rings is 1. The Kier molecular flexibility index (Phi) is 5.16. The molecule has 0 saturated heterocycles. The second-order valence-corrected chi connectivity index (χ2v) is 4.27. The number of hydrogen-bond acceptors (Lipinski definition) is 3. The van der Waals surface area contributed by atoms with E-state index in [4.69, 9.17) is 11.6 Å². The maximum atomic E-state index is 12.2. The van der Waals surface area contributed by atoms with Crippen molar-refractivity contribution in [3.8, 4) is 0 Å². The Morgan fingerprint density at radius 3 is 2.56 bits per heavy atom. The van der Waals surface area contributed by atoms with Crippen LogP contribution in [0.3, 0.4) is 0 Å². The van der Waals surface area contributed by atoms with Crippen molar-refractivity contribution in [2.24, 2.45) is 0 Å². The first kappa shape index (κ1) is 14.5. The molecule has 0 N–H and O–H groups in total. The average molecular weight is 270 g/mol. The highest BCUT2D eigenvalue weighted by Crippen LogP contribution is 2.17. The van der Waals surface area contributed by atoms with Crippen molar-refractivity contribution in [3.63, 3.8) is 0 Å². The highest BCUT2D eigenvalue weighted by molar-refractivity contribution is 6.31. The molecule has 0 radical (unpaired) electrons. The lowest BCUT2D eigenvalue weighted by molar-refractivity contribution is -0.141. The Morgan fingerprint density at radius 1 is 1.39 bits per heavy atom. The number of amides is 1. The van der Waals surface area contributed by atoms with Crippen LogP contribution < -0.4 is 0 Å². The average Bonchev–Trinajstić information content (AvgIpc) is 2.38. The smallest absolute Gasteiger partial charge is 0.325 e. The van der Waals surface area contributed by atoms with Crippen LogP contribution in [-0.4, -0.2) is 37.0 Å². The van der Waals surface area contributed by atoms with Crippen LogP contribution in [0.15, 0.2) is 18.2 Å². The topological polar surface area (TPSA) is 46.6 Å². The summed E-state index contributed by atoms with van der Waals surface area (Å²) in [6.07, 6.45) is 0. The molecule has 0 aliphatic carbocycles. The maximum absolute atomic E-state index is 12.2. The molecule has 0 bridgehead atoms. The Labute approximate surface area is 111 Å². The van der Waals surface area contributed by atoms with Crippen LogP contribution in [0.4, 0.5) is 0 Å². The van der Waals surface area contributed by atoms with Gasteiger partial charge in [0, 0.05) is 17.1 Å². The summed E-state index contributed by atoms with van der Waals surface area (Å²) < 4.78 is 4.55. The Morgan fingerprint density at radius 2 is 2.06 bits per heavy atom. The summed E-state index contributed by atoms with van der Waals surface area (Å²) in [4.78, 5) is 24.8. The summed E-state index contributed by atoms with van der Waals surface area (Å²) in [6, 6.07) is 5.09. The van der Waals surface area contributed by atoms with Crippen molar-refractivity contribution in [3.05, 3.63) is 34.3 Å². The van der Waals surface area contributed by atoms with Gasteiger partial charge in [-0.3, -0.25) is 9.59 Å². The highest BCUT2D eigenvalue weighted by Gasteiger charge is 2.18. The van der Waals surface area contributed by atoms with Gasteiger partial charge in [0.25, 0.3) is 5.91 Å². The number of nitrogens with zero attached hydrogens (tertiary/aromatic N) is 1. The Bertz CT molecular complexity index is 460. The molecule has 0 heterocycles. The lowest BCUT2D eigenvalue weighted by Gasteiger charge is -2.19. The highest BCUT2D eigenvalue weighted by atomic mass is 35.5. The summed E-state index contributed by atoms with van der Waals surface area (Å²) in [6.45, 7) is 4.04. The van der Waals surface area contributed by atoms with Gasteiger partial charge in [-0.15, -0.1) is 0 Å². The number of likely N-dealkylation sites (N-methyl/N-ethyl adjacent to an activating group) is 1. The van der Waals surface area contributed by atoms with Gasteiger partial charge in [-0.05, 0) is 31.5 Å². The molecule has 0 atom stereocenters. The van der Waals surface area contributed by atoms with E-state index in [1.807, 2.05) is 6.92 Å². The fourth-order valence-corrected chi connectivity index (χ4v) is 1.64. The van der Waals surface area contributed by atoms with E-state index in [0.29, 0.717) is 17.1 Å². The SMILES string of the molecule is CCN(CC(=O)OC)C(=O)c1ccc(C)c(Cl)c1. The number of rotatable bonds is 4. The number of ether oxygens (including phenoxy) is 1. The predicted molar refractivity (Wildman–Crippen MR) is 69.8 cm³/mol. The largest absolute Gasteiger partial charge is 0.468 e. The van der Waals surface area contributed by atoms with E-state index in [1.54, 1.807) is 25.1 Å². The molecule has 0 aliphatic heterocycles. The summed E-state index contributed by atoms with van der Waals surface area (Å²) >= 11 is 5.98. The molecule has 0 aliphatic rings. The predicted octanol–water partition coefficient (Wildman–Crippen LogP) is 2.28. The van der Waals surface area contributed by atoms with Crippen LogP contribution in [0, 0.1) is 6.92 Å². The van der Waals surface area contributed by atoms with Crippen LogP contribution in [0.25, 0.3) is 0 Å². The van der Waals surface area contributed by atoms with Gasteiger partial charge in [0.2, 0.25) is 0 Å². The molecule has 1 aromatic carbocycles. The number of esters is 1. The number of methoxy groups -OCH3 is 1. The monoisotopic (exact) mass is 269 g/mol. The van der Waals surface area contributed by atoms with Crippen LogP contribution in [0.2, 0.25) is 5.02 Å². The molecule has 18 heavy (non-hydrogen) atoms. The molecule has 0 fully saturated rings. The third-order valence-electron chi connectivity index (χ3n) is 2.64. The van der Waals surface area contributed by atoms with Gasteiger partial charge in [0.1, 0.15) is 6.54 Å². The third kappa shape index (κ3) is 3.47. The number of hydrogen-bond donors (Lipinski definition) is 0. The summed E-state index contributed by atoms with van der Waals surface area (Å²) in [5, 5.41) is 0.537. The van der Waals surface area contributed by atoms with Crippen molar-refractivity contribution in [1.29, 1.82) is 0 Å². The molecule has 1 rings (SSSR count). The second kappa shape index (κ2) is 6.40. The van der Waals surface area contributed by atoms with Crippen LogP contribution in [0.1, 0.15) is 22.8 Å². The Hall–Kier alpha value is -1.55. The van der Waals surface area contributed by atoms with Gasteiger partial charge in [0.05, 0.1) is 7.11 Å². The van der Waals surface area contributed by atoms with Crippen molar-refractivity contribution >= 4 is 23.5 Å². The van der Waals surface area contributed by atoms with Crippen molar-refractivity contribution in [1.82, 2.24) is 4.90 Å². The van der Waals surface area contributed by atoms with Crippen molar-refractivity contribution in [2.75, 3.05) is 20.2 Å². The van der Waals surface area contributed by atoms with Gasteiger partial charge in [-0.1, -0.05) is 17.7 Å². The van der Waals surface area contributed by atoms with E-state index in [1.165, 1.54) is 12.0 Å². The molecule has 1 aromatic rings. The Balaban J connectivity index is 2.89. The molecule has 0 aromatic heterocycles. The van der Waals surface area contributed by atoms with Gasteiger partial charge in [-0.25, -0.2) is 0 Å². The maximum Gasteiger partial charge on any atom is 0.325 e. The summed E-state index contributed by atoms with van der Waals surface area (Å²) in [5.74, 6) is -0.673. The molecule has 0 saturated carbocycles. The van der Waals surface area contributed by atoms with Gasteiger partial charge in [0.15, 0.2) is 0 Å². The zero-order chi connectivity index (χ0) is 13.7. The van der Waals surface area contributed by atoms with Crippen LogP contribution in [-0.2, 0) is 9.53 Å². The summed E-state index contributed by atoms with van der Waals surface area (Å²) in [5.41, 5.74) is 1.38. The molecule has 4 nitrogen and oxygen atoms in total. The van der Waals surface area contributed by atoms with Crippen LogP contribution >= 0.6 is 11.6 Å². The molecule has 1 amide bonds. The quantitative estimate of drug-likeness (QED) is 0.788. The number of carbonyl (C=O) groups is 2. The lowest BCUT2D eigenvalue weighted by Crippen LogP contribution is -2.36. The van der Waals surface area contributed by atoms with E-state index in [0.717, 1.165) is 5.56 Å². The van der Waals surface area contributed by atoms with E-state index in [9.17, 15) is 9.59 Å². The van der Waals surface area contributed by atoms with Crippen molar-refractivity contribution < 1.29 is 14.3 Å². The fourth-order valence-electron chi connectivity index (χ4n) is 1.46. The van der Waals surface area contributed by atoms with Crippen molar-refractivity contribution in [2.45, 2.75) is 13.8 Å². The first-order valence-electron chi connectivity index (χ1n) is 5.61. The standard InChI is InChI=1S/C13H16ClNO3/c1-4-15(8-12(16)18-3)13(17)10-6-5-9(2)11(14)7-10/h5-7H,4,8H2,1-3H3. The van der Waals surface area contributed by atoms with E-state index in [2.05, 4.69) is 4.74 Å². The minimum absolute atomic E-state index is 0.0582. The fraction of sp³-hybridized carbons (Fsp3) is 0.385. The minimum Gasteiger partial charge on any atom is -0.468 e. The van der Waals surface area contributed by atoms with Gasteiger partial charge < -0.3 is 9.64 Å². The molecular formula is C13H16ClNO3. The number of carbonyl (C=O) groups excluding carboxylic acids is 2. The molecule has 0 unspecified atom stereocenters. The van der Waals surface area contributed by atoms with E-state index >= 15 is 0 Å². The first-order valence-corrected chi connectivity index (χ1v) is 5.99. The number of halogens is 1. The van der Waals surface area contributed by atoms with Gasteiger partial charge >= 0.3 is 5.97 Å². The molecule has 5 heteroatoms. The number of aryl methyl sites for hydroxylation is 1. The molecule has 98 valence electrons. The van der Waals surface area contributed by atoms with E-state index in [-0.39, 0.29) is 12.5 Å². The molecule has 0 spiro atoms. The summed E-state index contributed by atoms with van der Waals surface area (Å²) in [7, 11) is 1.30. The van der Waals surface area contributed by atoms with E-state index < -0.39 is 5.97 Å². The first-order chi connectivity index (χ1) is 8.49. The normalized spacial score (nSPS) is 10.0. The minimum atomic E-state index is -0.441. The zero-order valence-corrected chi connectivity index (χ0v) is 11.5. The lowest BCUT2D eigenvalue weighted by atomic mass is 10.1. The second-order valence-electron chi connectivity index (χ2n) is 3.86. The third-order valence-corrected chi connectivity index (χ3v) is 3.04. The molecular weight excluding hydrogens is 254 g/mol. The zero-order valence-electron chi connectivity index (χ0n) is 10.7. The van der Waals surface area contributed by atoms with Gasteiger partial charge in [-0.2, -0.15) is 0 Å². The van der Waals surface area contributed by atoms with Crippen LogP contribution in [0.5, 0.6) is 0 Å².